The SMILES string of the molecule is CO[C@H](C)c1noc(CN(C)C[C@@H]2OCCc3ccccc32)n1. The van der Waals surface area contributed by atoms with Gasteiger partial charge in [0.1, 0.15) is 6.10 Å². The summed E-state index contributed by atoms with van der Waals surface area (Å²) in [4.78, 5) is 6.51. The van der Waals surface area contributed by atoms with Gasteiger partial charge in [-0.1, -0.05) is 29.4 Å². The lowest BCUT2D eigenvalue weighted by Gasteiger charge is -2.29. The molecule has 0 unspecified atom stereocenters. The first-order chi connectivity index (χ1) is 11.2. The molecule has 124 valence electrons. The maximum atomic E-state index is 5.95. The van der Waals surface area contributed by atoms with Crippen molar-refractivity contribution in [2.45, 2.75) is 32.1 Å². The van der Waals surface area contributed by atoms with Crippen molar-refractivity contribution in [1.29, 1.82) is 0 Å². The first-order valence-electron chi connectivity index (χ1n) is 7.90. The summed E-state index contributed by atoms with van der Waals surface area (Å²) < 4.78 is 16.4. The van der Waals surface area contributed by atoms with Crippen molar-refractivity contribution >= 4 is 0 Å². The fraction of sp³-hybridized carbons (Fsp3) is 0.529. The Balaban J connectivity index is 1.62. The molecular weight excluding hydrogens is 294 g/mol. The fourth-order valence-corrected chi connectivity index (χ4v) is 2.81. The van der Waals surface area contributed by atoms with E-state index in [0.717, 1.165) is 19.6 Å². The number of ether oxygens (including phenoxy) is 2. The fourth-order valence-electron chi connectivity index (χ4n) is 2.81. The second-order valence-corrected chi connectivity index (χ2v) is 5.93. The third kappa shape index (κ3) is 3.77. The van der Waals surface area contributed by atoms with Crippen LogP contribution in [0.1, 0.15) is 42.0 Å². The summed E-state index contributed by atoms with van der Waals surface area (Å²) in [6.07, 6.45) is 0.912. The van der Waals surface area contributed by atoms with Gasteiger partial charge in [0.15, 0.2) is 5.82 Å². The van der Waals surface area contributed by atoms with Gasteiger partial charge in [-0.2, -0.15) is 4.98 Å². The maximum absolute atomic E-state index is 5.95. The van der Waals surface area contributed by atoms with Gasteiger partial charge in [-0.25, -0.2) is 0 Å². The van der Waals surface area contributed by atoms with Crippen LogP contribution in [-0.4, -0.2) is 42.3 Å². The number of rotatable bonds is 6. The Morgan fingerprint density at radius 1 is 1.39 bits per heavy atom. The zero-order chi connectivity index (χ0) is 16.2. The van der Waals surface area contributed by atoms with Gasteiger partial charge < -0.3 is 14.0 Å². The first-order valence-corrected chi connectivity index (χ1v) is 7.90. The van der Waals surface area contributed by atoms with Crippen LogP contribution < -0.4 is 0 Å². The number of benzene rings is 1. The van der Waals surface area contributed by atoms with Gasteiger partial charge in [-0.15, -0.1) is 0 Å². The third-order valence-corrected chi connectivity index (χ3v) is 4.18. The van der Waals surface area contributed by atoms with E-state index in [1.54, 1.807) is 7.11 Å². The van der Waals surface area contributed by atoms with Gasteiger partial charge in [-0.3, -0.25) is 4.90 Å². The zero-order valence-electron chi connectivity index (χ0n) is 13.9. The first kappa shape index (κ1) is 16.1. The van der Waals surface area contributed by atoms with E-state index >= 15 is 0 Å². The molecule has 0 N–H and O–H groups in total. The van der Waals surface area contributed by atoms with Crippen LogP contribution in [0.2, 0.25) is 0 Å². The highest BCUT2D eigenvalue weighted by Gasteiger charge is 2.22. The molecule has 2 atom stereocenters. The summed E-state index contributed by atoms with van der Waals surface area (Å²) in [7, 11) is 3.66. The van der Waals surface area contributed by atoms with Crippen molar-refractivity contribution in [3.8, 4) is 0 Å². The smallest absolute Gasteiger partial charge is 0.240 e. The molecule has 1 aliphatic heterocycles. The predicted molar refractivity (Wildman–Crippen MR) is 84.9 cm³/mol. The standard InChI is InChI=1S/C17H23N3O3/c1-12(21-3)17-18-16(23-19-17)11-20(2)10-15-14-7-5-4-6-13(14)8-9-22-15/h4-7,12,15H,8-11H2,1-3H3/t12-,15+/m1/s1. The topological polar surface area (TPSA) is 60.6 Å². The Morgan fingerprint density at radius 2 is 2.22 bits per heavy atom. The number of nitrogens with zero attached hydrogens (tertiary/aromatic N) is 3. The molecule has 1 aliphatic rings. The van der Waals surface area contributed by atoms with E-state index < -0.39 is 0 Å². The average molecular weight is 317 g/mol. The molecule has 1 aromatic carbocycles. The zero-order valence-corrected chi connectivity index (χ0v) is 13.9. The van der Waals surface area contributed by atoms with E-state index in [9.17, 15) is 0 Å². The van der Waals surface area contributed by atoms with Crippen LogP contribution >= 0.6 is 0 Å². The summed E-state index contributed by atoms with van der Waals surface area (Å²) in [5, 5.41) is 3.95. The Hall–Kier alpha value is -1.76. The average Bonchev–Trinajstić information content (AvgIpc) is 3.03. The normalized spacial score (nSPS) is 18.9. The number of aromatic nitrogens is 2. The molecule has 2 heterocycles. The molecule has 0 bridgehead atoms. The summed E-state index contributed by atoms with van der Waals surface area (Å²) >= 11 is 0. The number of likely N-dealkylation sites (N-methyl/N-ethyl adjacent to an activating group) is 1. The minimum Gasteiger partial charge on any atom is -0.374 e. The van der Waals surface area contributed by atoms with E-state index in [0.29, 0.717) is 18.3 Å². The molecule has 0 radical (unpaired) electrons. The van der Waals surface area contributed by atoms with E-state index in [2.05, 4.69) is 39.3 Å². The second kappa shape index (κ2) is 7.21. The maximum Gasteiger partial charge on any atom is 0.240 e. The van der Waals surface area contributed by atoms with Crippen LogP contribution in [-0.2, 0) is 22.4 Å². The van der Waals surface area contributed by atoms with Crippen molar-refractivity contribution < 1.29 is 14.0 Å². The number of hydrogen-bond acceptors (Lipinski definition) is 6. The molecule has 2 aromatic rings. The lowest BCUT2D eigenvalue weighted by molar-refractivity contribution is 0.0181. The lowest BCUT2D eigenvalue weighted by Crippen LogP contribution is -2.29. The monoisotopic (exact) mass is 317 g/mol. The summed E-state index contributed by atoms with van der Waals surface area (Å²) in [6, 6.07) is 8.48. The highest BCUT2D eigenvalue weighted by molar-refractivity contribution is 5.31. The van der Waals surface area contributed by atoms with Crippen molar-refractivity contribution in [2.24, 2.45) is 0 Å². The molecule has 6 nitrogen and oxygen atoms in total. The van der Waals surface area contributed by atoms with E-state index in [1.807, 2.05) is 14.0 Å². The minimum atomic E-state index is -0.161. The Kier molecular flexibility index (Phi) is 5.05. The van der Waals surface area contributed by atoms with Gasteiger partial charge in [-0.05, 0) is 31.5 Å². The molecular formula is C17H23N3O3. The van der Waals surface area contributed by atoms with E-state index in [4.69, 9.17) is 14.0 Å². The van der Waals surface area contributed by atoms with E-state index in [1.165, 1.54) is 11.1 Å². The van der Waals surface area contributed by atoms with Gasteiger partial charge in [0.05, 0.1) is 19.3 Å². The number of methoxy groups -OCH3 is 1. The predicted octanol–water partition coefficient (Wildman–Crippen LogP) is 2.52. The van der Waals surface area contributed by atoms with Crippen molar-refractivity contribution in [3.05, 3.63) is 47.1 Å². The molecule has 0 aliphatic carbocycles. The second-order valence-electron chi connectivity index (χ2n) is 5.93. The molecule has 23 heavy (non-hydrogen) atoms. The molecule has 0 fully saturated rings. The van der Waals surface area contributed by atoms with Crippen LogP contribution in [0.3, 0.4) is 0 Å². The molecule has 1 aromatic heterocycles. The molecule has 3 rings (SSSR count). The lowest BCUT2D eigenvalue weighted by atomic mass is 9.97. The van der Waals surface area contributed by atoms with Gasteiger partial charge in [0.25, 0.3) is 0 Å². The summed E-state index contributed by atoms with van der Waals surface area (Å²) in [5.41, 5.74) is 2.66. The minimum absolute atomic E-state index is 0.0882. The largest absolute Gasteiger partial charge is 0.374 e. The third-order valence-electron chi connectivity index (χ3n) is 4.18. The van der Waals surface area contributed by atoms with Crippen molar-refractivity contribution in [1.82, 2.24) is 15.0 Å². The Bertz CT molecular complexity index is 644. The Labute approximate surface area is 136 Å². The van der Waals surface area contributed by atoms with Gasteiger partial charge in [0.2, 0.25) is 5.89 Å². The molecule has 0 spiro atoms. The highest BCUT2D eigenvalue weighted by atomic mass is 16.5. The van der Waals surface area contributed by atoms with Crippen LogP contribution in [0.5, 0.6) is 0 Å². The van der Waals surface area contributed by atoms with Crippen molar-refractivity contribution in [2.75, 3.05) is 27.3 Å². The Morgan fingerprint density at radius 3 is 3.04 bits per heavy atom. The molecule has 6 heteroatoms. The molecule has 0 saturated heterocycles. The van der Waals surface area contributed by atoms with Gasteiger partial charge in [0, 0.05) is 13.7 Å². The quantitative estimate of drug-likeness (QED) is 0.816. The highest BCUT2D eigenvalue weighted by Crippen LogP contribution is 2.27. The number of hydrogen-bond donors (Lipinski definition) is 0. The number of fused-ring (bicyclic) bond motifs is 1. The van der Waals surface area contributed by atoms with Crippen molar-refractivity contribution in [3.63, 3.8) is 0 Å². The molecule has 0 saturated carbocycles. The van der Waals surface area contributed by atoms with Crippen LogP contribution in [0.4, 0.5) is 0 Å². The van der Waals surface area contributed by atoms with E-state index in [-0.39, 0.29) is 12.2 Å². The summed E-state index contributed by atoms with van der Waals surface area (Å²) in [6.45, 7) is 4.04. The molecule has 0 amide bonds. The van der Waals surface area contributed by atoms with Crippen LogP contribution in [0.15, 0.2) is 28.8 Å². The van der Waals surface area contributed by atoms with Gasteiger partial charge >= 0.3 is 0 Å². The summed E-state index contributed by atoms with van der Waals surface area (Å²) in [5.74, 6) is 1.17. The van der Waals surface area contributed by atoms with Crippen LogP contribution in [0.25, 0.3) is 0 Å². The van der Waals surface area contributed by atoms with Crippen LogP contribution in [0, 0.1) is 0 Å².